The maximum atomic E-state index is 13.3. The summed E-state index contributed by atoms with van der Waals surface area (Å²) in [6, 6.07) is 10.0. The lowest BCUT2D eigenvalue weighted by molar-refractivity contribution is -0.138. The molecule has 0 fully saturated rings. The number of alkyl halides is 3. The third-order valence-electron chi connectivity index (χ3n) is 4.01. The van der Waals surface area contributed by atoms with Gasteiger partial charge >= 0.3 is 6.18 Å². The van der Waals surface area contributed by atoms with Gasteiger partial charge in [-0.3, -0.25) is 9.48 Å². The predicted molar refractivity (Wildman–Crippen MR) is 85.0 cm³/mol. The van der Waals surface area contributed by atoms with Crippen LogP contribution in [0, 0.1) is 0 Å². The number of benzene rings is 2. The first-order valence-electron chi connectivity index (χ1n) is 7.54. The summed E-state index contributed by atoms with van der Waals surface area (Å²) in [5.41, 5.74) is 0.690. The lowest BCUT2D eigenvalue weighted by atomic mass is 9.98. The lowest BCUT2D eigenvalue weighted by Crippen LogP contribution is -2.17. The van der Waals surface area contributed by atoms with Gasteiger partial charge in [0, 0.05) is 17.1 Å². The van der Waals surface area contributed by atoms with Crippen LogP contribution in [0.25, 0.3) is 10.9 Å². The number of carbonyl (C=O) groups is 1. The van der Waals surface area contributed by atoms with E-state index in [1.54, 1.807) is 35.1 Å². The molecule has 124 valence electrons. The van der Waals surface area contributed by atoms with Crippen LogP contribution in [0.3, 0.4) is 0 Å². The van der Waals surface area contributed by atoms with E-state index in [1.807, 2.05) is 6.92 Å². The second kappa shape index (κ2) is 6.11. The number of carbonyl (C=O) groups excluding carboxylic acids is 1. The molecule has 1 atom stereocenters. The summed E-state index contributed by atoms with van der Waals surface area (Å²) in [4.78, 5) is 10.9. The number of nitrogens with zero attached hydrogens (tertiary/aromatic N) is 2. The van der Waals surface area contributed by atoms with Crippen molar-refractivity contribution >= 4 is 17.2 Å². The monoisotopic (exact) mass is 332 g/mol. The van der Waals surface area contributed by atoms with Gasteiger partial charge in [-0.25, -0.2) is 0 Å². The number of halogens is 3. The van der Waals surface area contributed by atoms with E-state index in [2.05, 4.69) is 5.10 Å². The molecule has 0 spiro atoms. The Balaban J connectivity index is 2.12. The Morgan fingerprint density at radius 1 is 1.21 bits per heavy atom. The van der Waals surface area contributed by atoms with Gasteiger partial charge in [0.15, 0.2) is 0 Å². The molecule has 0 saturated heterocycles. The molecule has 0 radical (unpaired) electrons. The van der Waals surface area contributed by atoms with E-state index in [0.717, 1.165) is 17.7 Å². The van der Waals surface area contributed by atoms with Gasteiger partial charge in [-0.05, 0) is 36.2 Å². The van der Waals surface area contributed by atoms with E-state index < -0.39 is 17.8 Å². The number of aldehydes is 1. The minimum absolute atomic E-state index is 0.191. The van der Waals surface area contributed by atoms with E-state index in [1.165, 1.54) is 12.1 Å². The van der Waals surface area contributed by atoms with Gasteiger partial charge in [-0.1, -0.05) is 25.1 Å². The number of hydrogen-bond donors (Lipinski definition) is 0. The highest BCUT2D eigenvalue weighted by Gasteiger charge is 2.35. The first-order chi connectivity index (χ1) is 11.4. The van der Waals surface area contributed by atoms with Gasteiger partial charge in [-0.15, -0.1) is 0 Å². The Labute approximate surface area is 136 Å². The topological polar surface area (TPSA) is 34.9 Å². The quantitative estimate of drug-likeness (QED) is 0.639. The normalized spacial score (nSPS) is 13.2. The number of aromatic nitrogens is 2. The average Bonchev–Trinajstić information content (AvgIpc) is 2.97. The maximum absolute atomic E-state index is 13.3. The molecule has 6 heteroatoms. The van der Waals surface area contributed by atoms with Crippen LogP contribution in [0.4, 0.5) is 13.2 Å². The summed E-state index contributed by atoms with van der Waals surface area (Å²) in [6.45, 7) is 1.82. The standard InChI is InChI=1S/C18H15F3N2O/c1-2-17(14-5-3-4-6-15(14)18(19,20)21)23-10-13-9-12(11-24)7-8-16(13)22-23/h3-11,17H,2H2,1H3. The predicted octanol–water partition coefficient (Wildman–Crippen LogP) is 4.87. The third-order valence-corrected chi connectivity index (χ3v) is 4.01. The molecular weight excluding hydrogens is 317 g/mol. The van der Waals surface area contributed by atoms with Gasteiger partial charge in [0.2, 0.25) is 0 Å². The molecule has 1 heterocycles. The zero-order valence-corrected chi connectivity index (χ0v) is 12.9. The molecule has 1 aromatic heterocycles. The van der Waals surface area contributed by atoms with Gasteiger partial charge in [0.1, 0.15) is 6.29 Å². The summed E-state index contributed by atoms with van der Waals surface area (Å²) in [5.74, 6) is 0. The number of fused-ring (bicyclic) bond motifs is 1. The minimum atomic E-state index is -4.42. The summed E-state index contributed by atoms with van der Waals surface area (Å²) in [5, 5.41) is 5.12. The van der Waals surface area contributed by atoms with Gasteiger partial charge in [0.05, 0.1) is 17.1 Å². The molecule has 3 aromatic rings. The minimum Gasteiger partial charge on any atom is -0.298 e. The first-order valence-corrected chi connectivity index (χ1v) is 7.54. The second-order valence-electron chi connectivity index (χ2n) is 5.55. The molecule has 0 aliphatic rings. The molecular formula is C18H15F3N2O. The Hall–Kier alpha value is -2.63. The van der Waals surface area contributed by atoms with Crippen LogP contribution >= 0.6 is 0 Å². The molecule has 0 N–H and O–H groups in total. The largest absolute Gasteiger partial charge is 0.416 e. The number of hydrogen-bond acceptors (Lipinski definition) is 2. The first kappa shape index (κ1) is 16.2. The van der Waals surface area contributed by atoms with Crippen molar-refractivity contribution in [2.75, 3.05) is 0 Å². The number of rotatable bonds is 4. The van der Waals surface area contributed by atoms with Crippen molar-refractivity contribution in [3.05, 3.63) is 65.4 Å². The van der Waals surface area contributed by atoms with E-state index in [9.17, 15) is 18.0 Å². The molecule has 3 rings (SSSR count). The molecule has 3 nitrogen and oxygen atoms in total. The van der Waals surface area contributed by atoms with Crippen LogP contribution in [-0.4, -0.2) is 16.1 Å². The SMILES string of the molecule is CCC(c1ccccc1C(F)(F)F)n1cc2cc(C=O)ccc2n1. The van der Waals surface area contributed by atoms with E-state index >= 15 is 0 Å². The van der Waals surface area contributed by atoms with Crippen LogP contribution in [0.2, 0.25) is 0 Å². The van der Waals surface area contributed by atoms with Crippen LogP contribution in [0.1, 0.15) is 40.9 Å². The fourth-order valence-electron chi connectivity index (χ4n) is 2.89. The Morgan fingerprint density at radius 3 is 2.62 bits per heavy atom. The second-order valence-corrected chi connectivity index (χ2v) is 5.55. The Bertz CT molecular complexity index is 883. The average molecular weight is 332 g/mol. The highest BCUT2D eigenvalue weighted by Crippen LogP contribution is 2.36. The summed E-state index contributed by atoms with van der Waals surface area (Å²) in [6.07, 6.45) is -1.54. The van der Waals surface area contributed by atoms with E-state index in [0.29, 0.717) is 17.5 Å². The van der Waals surface area contributed by atoms with Crippen molar-refractivity contribution in [1.82, 2.24) is 9.78 Å². The maximum Gasteiger partial charge on any atom is 0.416 e. The highest BCUT2D eigenvalue weighted by molar-refractivity contribution is 5.86. The van der Waals surface area contributed by atoms with Crippen molar-refractivity contribution in [3.8, 4) is 0 Å². The van der Waals surface area contributed by atoms with Crippen LogP contribution in [0.15, 0.2) is 48.7 Å². The highest BCUT2D eigenvalue weighted by atomic mass is 19.4. The third kappa shape index (κ3) is 2.91. The molecule has 0 saturated carbocycles. The van der Waals surface area contributed by atoms with E-state index in [-0.39, 0.29) is 5.56 Å². The van der Waals surface area contributed by atoms with Crippen LogP contribution in [0.5, 0.6) is 0 Å². The molecule has 2 aromatic carbocycles. The zero-order valence-electron chi connectivity index (χ0n) is 12.9. The van der Waals surface area contributed by atoms with Crippen molar-refractivity contribution in [2.24, 2.45) is 0 Å². The molecule has 0 amide bonds. The molecule has 1 unspecified atom stereocenters. The van der Waals surface area contributed by atoms with Gasteiger partial charge in [-0.2, -0.15) is 18.3 Å². The Kier molecular flexibility index (Phi) is 4.13. The lowest BCUT2D eigenvalue weighted by Gasteiger charge is -2.21. The molecule has 0 aliphatic carbocycles. The van der Waals surface area contributed by atoms with Crippen molar-refractivity contribution in [3.63, 3.8) is 0 Å². The smallest absolute Gasteiger partial charge is 0.298 e. The fourth-order valence-corrected chi connectivity index (χ4v) is 2.89. The molecule has 0 bridgehead atoms. The van der Waals surface area contributed by atoms with Crippen molar-refractivity contribution < 1.29 is 18.0 Å². The summed E-state index contributed by atoms with van der Waals surface area (Å²) >= 11 is 0. The van der Waals surface area contributed by atoms with Crippen LogP contribution in [-0.2, 0) is 6.18 Å². The van der Waals surface area contributed by atoms with Crippen molar-refractivity contribution in [1.29, 1.82) is 0 Å². The Morgan fingerprint density at radius 2 is 1.96 bits per heavy atom. The van der Waals surface area contributed by atoms with Gasteiger partial charge in [0.25, 0.3) is 0 Å². The van der Waals surface area contributed by atoms with Crippen molar-refractivity contribution in [2.45, 2.75) is 25.6 Å². The zero-order chi connectivity index (χ0) is 17.3. The summed E-state index contributed by atoms with van der Waals surface area (Å²) < 4.78 is 41.4. The molecule has 0 aliphatic heterocycles. The van der Waals surface area contributed by atoms with Crippen LogP contribution < -0.4 is 0 Å². The van der Waals surface area contributed by atoms with Gasteiger partial charge < -0.3 is 0 Å². The van der Waals surface area contributed by atoms with E-state index in [4.69, 9.17) is 0 Å². The fraction of sp³-hybridized carbons (Fsp3) is 0.222. The molecule has 24 heavy (non-hydrogen) atoms. The summed E-state index contributed by atoms with van der Waals surface area (Å²) in [7, 11) is 0.